The highest BCUT2D eigenvalue weighted by Gasteiger charge is 2.48. The first-order chi connectivity index (χ1) is 22.0. The van der Waals surface area contributed by atoms with Crippen LogP contribution in [-0.2, 0) is 12.0 Å². The quantitative estimate of drug-likeness (QED) is 0.172. The van der Waals surface area contributed by atoms with Crippen molar-refractivity contribution < 1.29 is 36.7 Å². The predicted molar refractivity (Wildman–Crippen MR) is 161 cm³/mol. The molecular weight excluding hydrogens is 604 g/mol. The van der Waals surface area contributed by atoms with Crippen LogP contribution in [0.2, 0.25) is 0 Å². The van der Waals surface area contributed by atoms with Crippen molar-refractivity contribution in [2.75, 3.05) is 7.05 Å². The topological polar surface area (TPSA) is 117 Å². The Morgan fingerprint density at radius 1 is 0.978 bits per heavy atom. The second-order valence-electron chi connectivity index (χ2n) is 11.3. The van der Waals surface area contributed by atoms with E-state index >= 15 is 0 Å². The summed E-state index contributed by atoms with van der Waals surface area (Å²) in [6.45, 7) is 0. The Labute approximate surface area is 260 Å². The lowest BCUT2D eigenvalue weighted by Gasteiger charge is -2.44. The Morgan fingerprint density at radius 3 is 2.35 bits per heavy atom. The van der Waals surface area contributed by atoms with Crippen LogP contribution in [0.4, 0.5) is 17.6 Å². The lowest BCUT2D eigenvalue weighted by atomic mass is 9.73. The molecule has 0 radical (unpaired) electrons. The summed E-state index contributed by atoms with van der Waals surface area (Å²) < 4.78 is 59.9. The number of halogens is 4. The molecule has 46 heavy (non-hydrogen) atoms. The normalized spacial score (nSPS) is 17.8. The van der Waals surface area contributed by atoms with Gasteiger partial charge in [-0.3, -0.25) is 9.59 Å². The highest BCUT2D eigenvalue weighted by atomic mass is 19.4. The summed E-state index contributed by atoms with van der Waals surface area (Å²) in [5.74, 6) is -0.970. The van der Waals surface area contributed by atoms with E-state index in [1.165, 1.54) is 37.4 Å². The first-order valence-corrected chi connectivity index (χ1v) is 14.5. The Kier molecular flexibility index (Phi) is 8.07. The van der Waals surface area contributed by atoms with E-state index in [-0.39, 0.29) is 41.7 Å². The summed E-state index contributed by atoms with van der Waals surface area (Å²) in [7, 11) is 1.44. The first kappa shape index (κ1) is 30.9. The molecule has 5 aromatic rings. The van der Waals surface area contributed by atoms with Crippen LogP contribution >= 0.6 is 0 Å². The van der Waals surface area contributed by atoms with E-state index in [1.807, 2.05) is 0 Å². The van der Waals surface area contributed by atoms with Gasteiger partial charge in [-0.25, -0.2) is 14.4 Å². The number of amides is 2. The fraction of sp³-hybridized carbons (Fsp3) is 0.235. The van der Waals surface area contributed by atoms with Crippen LogP contribution in [0.15, 0.2) is 83.5 Å². The molecule has 6 rings (SSSR count). The number of alkyl halides is 3. The van der Waals surface area contributed by atoms with E-state index < -0.39 is 41.9 Å². The van der Waals surface area contributed by atoms with Crippen molar-refractivity contribution in [3.8, 4) is 22.5 Å². The summed E-state index contributed by atoms with van der Waals surface area (Å²) in [6, 6.07) is 16.4. The van der Waals surface area contributed by atoms with E-state index in [0.717, 1.165) is 0 Å². The number of aryl methyl sites for hydroxylation is 1. The standard InChI is InChI=1S/C34H28F4N4O4/c1-39-31(45)28-26-16-25(21(10-11-34(36,37)38)15-27(26)46-29(28)19-6-8-23(35)9-7-19)20-4-2-5-22(14-20)30(44)42-33(17-24(43)18-33)32-40-12-3-13-41-32/h2-9,12-16,24,43H,10-11,17-18H2,1H3,(H,39,45)(H,42,44). The number of aliphatic hydroxyl groups excluding tert-OH is 1. The number of aliphatic hydroxyl groups is 1. The van der Waals surface area contributed by atoms with Gasteiger partial charge in [0.15, 0.2) is 5.82 Å². The van der Waals surface area contributed by atoms with Crippen molar-refractivity contribution in [2.24, 2.45) is 0 Å². The van der Waals surface area contributed by atoms with Crippen LogP contribution in [0.3, 0.4) is 0 Å². The largest absolute Gasteiger partial charge is 0.455 e. The van der Waals surface area contributed by atoms with Gasteiger partial charge in [0, 0.05) is 55.2 Å². The number of furan rings is 1. The van der Waals surface area contributed by atoms with Crippen molar-refractivity contribution in [1.82, 2.24) is 20.6 Å². The Balaban J connectivity index is 1.44. The van der Waals surface area contributed by atoms with Crippen LogP contribution in [0.25, 0.3) is 33.4 Å². The van der Waals surface area contributed by atoms with Gasteiger partial charge in [-0.05, 0) is 77.7 Å². The Morgan fingerprint density at radius 2 is 1.70 bits per heavy atom. The lowest BCUT2D eigenvalue weighted by Crippen LogP contribution is -2.57. The molecule has 0 unspecified atom stereocenters. The maximum Gasteiger partial charge on any atom is 0.389 e. The van der Waals surface area contributed by atoms with Gasteiger partial charge in [-0.1, -0.05) is 12.1 Å². The van der Waals surface area contributed by atoms with Gasteiger partial charge in [0.25, 0.3) is 11.8 Å². The molecule has 2 aromatic heterocycles. The molecule has 0 saturated heterocycles. The molecule has 236 valence electrons. The van der Waals surface area contributed by atoms with Crippen LogP contribution in [0.1, 0.15) is 51.4 Å². The molecule has 1 fully saturated rings. The summed E-state index contributed by atoms with van der Waals surface area (Å²) in [5, 5.41) is 15.9. The van der Waals surface area contributed by atoms with Crippen molar-refractivity contribution in [2.45, 2.75) is 43.5 Å². The average Bonchev–Trinajstić information content (AvgIpc) is 3.41. The number of hydrogen-bond acceptors (Lipinski definition) is 6. The molecule has 12 heteroatoms. The minimum absolute atomic E-state index is 0.134. The summed E-state index contributed by atoms with van der Waals surface area (Å²) in [5.41, 5.74) is 1.09. The fourth-order valence-corrected chi connectivity index (χ4v) is 5.84. The summed E-state index contributed by atoms with van der Waals surface area (Å²) in [4.78, 5) is 35.2. The van der Waals surface area contributed by atoms with Gasteiger partial charge in [-0.15, -0.1) is 0 Å². The maximum atomic E-state index is 13.7. The van der Waals surface area contributed by atoms with Crippen molar-refractivity contribution in [3.63, 3.8) is 0 Å². The number of carbonyl (C=O) groups excluding carboxylic acids is 2. The van der Waals surface area contributed by atoms with Gasteiger partial charge in [0.1, 0.15) is 22.7 Å². The van der Waals surface area contributed by atoms with Crippen molar-refractivity contribution in [3.05, 3.63) is 107 Å². The second-order valence-corrected chi connectivity index (χ2v) is 11.3. The maximum absolute atomic E-state index is 13.7. The van der Waals surface area contributed by atoms with Crippen LogP contribution in [0, 0.1) is 5.82 Å². The zero-order valence-electron chi connectivity index (χ0n) is 24.5. The number of nitrogens with zero attached hydrogens (tertiary/aromatic N) is 2. The summed E-state index contributed by atoms with van der Waals surface area (Å²) in [6.07, 6.45) is -3.04. The Bertz CT molecular complexity index is 1920. The first-order valence-electron chi connectivity index (χ1n) is 14.5. The zero-order valence-corrected chi connectivity index (χ0v) is 24.5. The van der Waals surface area contributed by atoms with Crippen LogP contribution < -0.4 is 10.6 Å². The number of rotatable bonds is 8. The van der Waals surface area contributed by atoms with Gasteiger partial charge in [0.05, 0.1) is 11.7 Å². The molecule has 3 aromatic carbocycles. The molecule has 0 spiro atoms. The highest BCUT2D eigenvalue weighted by molar-refractivity contribution is 6.12. The molecule has 3 N–H and O–H groups in total. The lowest BCUT2D eigenvalue weighted by molar-refractivity contribution is -0.133. The molecule has 2 heterocycles. The molecule has 0 bridgehead atoms. The van der Waals surface area contributed by atoms with Crippen molar-refractivity contribution in [1.29, 1.82) is 0 Å². The van der Waals surface area contributed by atoms with Crippen LogP contribution in [-0.4, -0.2) is 46.2 Å². The summed E-state index contributed by atoms with van der Waals surface area (Å²) >= 11 is 0. The van der Waals surface area contributed by atoms with E-state index in [0.29, 0.717) is 33.5 Å². The predicted octanol–water partition coefficient (Wildman–Crippen LogP) is 6.33. The SMILES string of the molecule is CNC(=O)c1c(-c2ccc(F)cc2)oc2cc(CCC(F)(F)F)c(-c3cccc(C(=O)NC4(c5ncccn5)CC(O)C4)c3)cc12. The molecular formula is C34H28F4N4O4. The van der Waals surface area contributed by atoms with E-state index in [2.05, 4.69) is 20.6 Å². The number of aromatic nitrogens is 2. The third kappa shape index (κ3) is 6.08. The number of nitrogens with one attached hydrogen (secondary N) is 2. The molecule has 0 aliphatic heterocycles. The molecule has 1 saturated carbocycles. The average molecular weight is 633 g/mol. The van der Waals surface area contributed by atoms with Gasteiger partial charge in [-0.2, -0.15) is 13.2 Å². The molecule has 1 aliphatic carbocycles. The molecule has 0 atom stereocenters. The number of hydrogen-bond donors (Lipinski definition) is 3. The number of fused-ring (bicyclic) bond motifs is 1. The number of benzene rings is 3. The minimum Gasteiger partial charge on any atom is -0.455 e. The smallest absolute Gasteiger partial charge is 0.389 e. The minimum atomic E-state index is -4.44. The molecule has 1 aliphatic rings. The molecule has 8 nitrogen and oxygen atoms in total. The second kappa shape index (κ2) is 12.0. The van der Waals surface area contributed by atoms with Gasteiger partial charge in [0.2, 0.25) is 0 Å². The van der Waals surface area contributed by atoms with E-state index in [9.17, 15) is 32.3 Å². The third-order valence-corrected chi connectivity index (χ3v) is 8.10. The highest BCUT2D eigenvalue weighted by Crippen LogP contribution is 2.41. The fourth-order valence-electron chi connectivity index (χ4n) is 5.84. The molecule has 2 amide bonds. The van der Waals surface area contributed by atoms with Crippen molar-refractivity contribution >= 4 is 22.8 Å². The zero-order chi connectivity index (χ0) is 32.6. The van der Waals surface area contributed by atoms with Gasteiger partial charge < -0.3 is 20.2 Å². The van der Waals surface area contributed by atoms with E-state index in [1.54, 1.807) is 48.8 Å². The number of carbonyl (C=O) groups is 2. The monoisotopic (exact) mass is 632 g/mol. The van der Waals surface area contributed by atoms with Gasteiger partial charge >= 0.3 is 6.18 Å². The third-order valence-electron chi connectivity index (χ3n) is 8.10. The Hall–Kier alpha value is -5.10. The van der Waals surface area contributed by atoms with Crippen LogP contribution in [0.5, 0.6) is 0 Å². The van der Waals surface area contributed by atoms with E-state index in [4.69, 9.17) is 4.42 Å².